The van der Waals surface area contributed by atoms with Gasteiger partial charge in [-0.3, -0.25) is 14.9 Å². The normalized spacial score (nSPS) is 10.4. The van der Waals surface area contributed by atoms with Gasteiger partial charge in [0.2, 0.25) is 0 Å². The molecule has 0 aliphatic heterocycles. The smallest absolute Gasteiger partial charge is 0.261 e. The molecule has 0 radical (unpaired) electrons. The van der Waals surface area contributed by atoms with Crippen LogP contribution in [0.5, 0.6) is 5.75 Å². The number of carbonyl (C=O) groups is 2. The van der Waals surface area contributed by atoms with Crippen molar-refractivity contribution in [2.45, 2.75) is 13.3 Å². The third-order valence-electron chi connectivity index (χ3n) is 4.44. The maximum Gasteiger partial charge on any atom is 0.261 e. The number of benzene rings is 3. The summed E-state index contributed by atoms with van der Waals surface area (Å²) in [6.45, 7) is 2.45. The van der Waals surface area contributed by atoms with Crippen molar-refractivity contribution < 1.29 is 18.7 Å². The van der Waals surface area contributed by atoms with Crippen molar-refractivity contribution in [3.8, 4) is 5.75 Å². The van der Waals surface area contributed by atoms with E-state index >= 15 is 0 Å². The van der Waals surface area contributed by atoms with E-state index in [2.05, 4.69) is 31.9 Å². The summed E-state index contributed by atoms with van der Waals surface area (Å²) in [6.07, 6.45) is 0.801. The Morgan fingerprint density at radius 2 is 1.79 bits per heavy atom. The Balaban J connectivity index is 1.66. The second-order valence-electron chi connectivity index (χ2n) is 7.06. The number of hydrogen-bond acceptors (Lipinski definition) is 4. The highest BCUT2D eigenvalue weighted by atomic mass is 79.9. The molecule has 0 aromatic heterocycles. The van der Waals surface area contributed by atoms with Crippen molar-refractivity contribution in [3.63, 3.8) is 0 Å². The van der Waals surface area contributed by atoms with Crippen LogP contribution in [0.2, 0.25) is 5.02 Å². The van der Waals surface area contributed by atoms with Gasteiger partial charge in [-0.2, -0.15) is 0 Å². The molecule has 0 spiro atoms. The van der Waals surface area contributed by atoms with Crippen molar-refractivity contribution in [1.82, 2.24) is 5.32 Å². The van der Waals surface area contributed by atoms with Gasteiger partial charge < -0.3 is 15.4 Å². The highest BCUT2D eigenvalue weighted by Gasteiger charge is 2.15. The monoisotopic (exact) mass is 563 g/mol. The van der Waals surface area contributed by atoms with Gasteiger partial charge in [-0.15, -0.1) is 0 Å². The van der Waals surface area contributed by atoms with E-state index in [1.165, 1.54) is 18.2 Å². The topological polar surface area (TPSA) is 79.5 Å². The first-order valence-corrected chi connectivity index (χ1v) is 11.8. The number of thiocarbonyl (C=S) groups is 1. The molecule has 0 bridgehead atoms. The fourth-order valence-corrected chi connectivity index (χ4v) is 3.62. The third-order valence-corrected chi connectivity index (χ3v) is 5.42. The molecule has 0 heterocycles. The van der Waals surface area contributed by atoms with Crippen LogP contribution in [0.1, 0.15) is 34.1 Å². The summed E-state index contributed by atoms with van der Waals surface area (Å²) in [5.74, 6) is -0.988. The molecule has 6 nitrogen and oxygen atoms in total. The molecule has 0 aliphatic rings. The van der Waals surface area contributed by atoms with E-state index < -0.39 is 17.6 Å². The van der Waals surface area contributed by atoms with Gasteiger partial charge in [0.1, 0.15) is 11.6 Å². The molecule has 0 atom stereocenters. The van der Waals surface area contributed by atoms with E-state index in [0.717, 1.165) is 10.9 Å². The molecule has 3 aromatic rings. The molecule has 2 amide bonds. The second-order valence-corrected chi connectivity index (χ2v) is 8.79. The van der Waals surface area contributed by atoms with Crippen LogP contribution in [0, 0.1) is 5.82 Å². The van der Waals surface area contributed by atoms with E-state index in [1.807, 2.05) is 6.92 Å². The van der Waals surface area contributed by atoms with E-state index in [0.29, 0.717) is 34.9 Å². The van der Waals surface area contributed by atoms with Crippen LogP contribution in [0.25, 0.3) is 0 Å². The molecule has 0 saturated heterocycles. The number of rotatable bonds is 7. The average molecular weight is 565 g/mol. The summed E-state index contributed by atoms with van der Waals surface area (Å²) in [5, 5.41) is 8.12. The molecule has 3 aromatic carbocycles. The maximum atomic E-state index is 13.3. The molecular weight excluding hydrogens is 545 g/mol. The molecule has 10 heteroatoms. The van der Waals surface area contributed by atoms with Crippen molar-refractivity contribution in [3.05, 3.63) is 87.1 Å². The predicted octanol–water partition coefficient (Wildman–Crippen LogP) is 6.41. The number of carbonyl (C=O) groups excluding carboxylic acids is 2. The standard InChI is InChI=1S/C24H20BrClFN3O3S/c1-2-10-33-21-9-6-15(25)12-18(21)23(32)30-24(34)29-16-5-3-4-14(11-16)22(31)28-17-7-8-20(27)19(26)13-17/h3-9,11-13H,2,10H2,1H3,(H,28,31)(H2,29,30,32,34). The zero-order chi connectivity index (χ0) is 24.7. The van der Waals surface area contributed by atoms with Crippen molar-refractivity contribution in [2.24, 2.45) is 0 Å². The minimum absolute atomic E-state index is 0.0503. The van der Waals surface area contributed by atoms with Crippen LogP contribution in [0.15, 0.2) is 65.1 Å². The van der Waals surface area contributed by atoms with Crippen LogP contribution < -0.4 is 20.7 Å². The van der Waals surface area contributed by atoms with Gasteiger partial charge in [0.05, 0.1) is 17.2 Å². The Hall–Kier alpha value is -3.01. The lowest BCUT2D eigenvalue weighted by Crippen LogP contribution is -2.34. The van der Waals surface area contributed by atoms with Crippen LogP contribution in [-0.4, -0.2) is 23.5 Å². The SMILES string of the molecule is CCCOc1ccc(Br)cc1C(=O)NC(=S)Nc1cccc(C(=O)Nc2ccc(F)c(Cl)c2)c1. The first kappa shape index (κ1) is 25.6. The van der Waals surface area contributed by atoms with Crippen LogP contribution in [-0.2, 0) is 0 Å². The molecular formula is C24H20BrClFN3O3S. The molecule has 0 saturated carbocycles. The zero-order valence-electron chi connectivity index (χ0n) is 18.0. The van der Waals surface area contributed by atoms with Gasteiger partial charge in [0, 0.05) is 21.4 Å². The molecule has 34 heavy (non-hydrogen) atoms. The number of halogens is 3. The van der Waals surface area contributed by atoms with Crippen molar-refractivity contribution in [2.75, 3.05) is 17.2 Å². The Labute approximate surface area is 215 Å². The second kappa shape index (κ2) is 11.9. The van der Waals surface area contributed by atoms with Crippen molar-refractivity contribution >= 4 is 68.1 Å². The fourth-order valence-electron chi connectivity index (χ4n) is 2.87. The average Bonchev–Trinajstić information content (AvgIpc) is 2.80. The molecule has 0 unspecified atom stereocenters. The number of amides is 2. The predicted molar refractivity (Wildman–Crippen MR) is 139 cm³/mol. The summed E-state index contributed by atoms with van der Waals surface area (Å²) < 4.78 is 19.7. The zero-order valence-corrected chi connectivity index (χ0v) is 21.1. The Bertz CT molecular complexity index is 1240. The maximum absolute atomic E-state index is 13.3. The van der Waals surface area contributed by atoms with E-state index in [4.69, 9.17) is 28.6 Å². The fraction of sp³-hybridized carbons (Fsp3) is 0.125. The lowest BCUT2D eigenvalue weighted by molar-refractivity contribution is 0.0972. The number of ether oxygens (including phenoxy) is 1. The summed E-state index contributed by atoms with van der Waals surface area (Å²) in [7, 11) is 0. The Morgan fingerprint density at radius 1 is 1.03 bits per heavy atom. The van der Waals surface area contributed by atoms with Crippen LogP contribution in [0.3, 0.4) is 0 Å². The minimum atomic E-state index is -0.576. The Kier molecular flexibility index (Phi) is 8.98. The molecule has 176 valence electrons. The van der Waals surface area contributed by atoms with Crippen LogP contribution in [0.4, 0.5) is 15.8 Å². The number of anilines is 2. The van der Waals surface area contributed by atoms with E-state index in [1.54, 1.807) is 42.5 Å². The molecule has 0 aliphatic carbocycles. The van der Waals surface area contributed by atoms with Gasteiger partial charge >= 0.3 is 0 Å². The summed E-state index contributed by atoms with van der Waals surface area (Å²) >= 11 is 14.4. The van der Waals surface area contributed by atoms with Gasteiger partial charge in [0.25, 0.3) is 11.8 Å². The lowest BCUT2D eigenvalue weighted by atomic mass is 10.1. The van der Waals surface area contributed by atoms with Gasteiger partial charge in [-0.1, -0.05) is 40.5 Å². The first-order valence-electron chi connectivity index (χ1n) is 10.2. The van der Waals surface area contributed by atoms with Crippen molar-refractivity contribution in [1.29, 1.82) is 0 Å². The van der Waals surface area contributed by atoms with Crippen LogP contribution >= 0.6 is 39.7 Å². The number of hydrogen-bond donors (Lipinski definition) is 3. The van der Waals surface area contributed by atoms with Gasteiger partial charge in [-0.05, 0) is 73.2 Å². The summed E-state index contributed by atoms with van der Waals surface area (Å²) in [6, 6.07) is 15.6. The molecule has 3 rings (SSSR count). The van der Waals surface area contributed by atoms with Gasteiger partial charge in [0.15, 0.2) is 5.11 Å². The largest absolute Gasteiger partial charge is 0.493 e. The highest BCUT2D eigenvalue weighted by Crippen LogP contribution is 2.24. The lowest BCUT2D eigenvalue weighted by Gasteiger charge is -2.14. The molecule has 0 fully saturated rings. The van der Waals surface area contributed by atoms with E-state index in [9.17, 15) is 14.0 Å². The first-order chi connectivity index (χ1) is 16.3. The number of nitrogens with one attached hydrogen (secondary N) is 3. The summed E-state index contributed by atoms with van der Waals surface area (Å²) in [5.41, 5.74) is 1.50. The molecule has 3 N–H and O–H groups in total. The highest BCUT2D eigenvalue weighted by molar-refractivity contribution is 9.10. The van der Waals surface area contributed by atoms with E-state index in [-0.39, 0.29) is 10.1 Å². The summed E-state index contributed by atoms with van der Waals surface area (Å²) in [4.78, 5) is 25.3. The third kappa shape index (κ3) is 6.99. The minimum Gasteiger partial charge on any atom is -0.493 e. The quantitative estimate of drug-likeness (QED) is 0.289. The van der Waals surface area contributed by atoms with Gasteiger partial charge in [-0.25, -0.2) is 4.39 Å². The Morgan fingerprint density at radius 3 is 2.53 bits per heavy atom.